The van der Waals surface area contributed by atoms with Crippen LogP contribution in [0.2, 0.25) is 0 Å². The van der Waals surface area contributed by atoms with Crippen LogP contribution in [0.5, 0.6) is 11.5 Å². The number of hydrogen-bond acceptors (Lipinski definition) is 5. The molecule has 0 radical (unpaired) electrons. The number of hydrogen-bond donors (Lipinski definition) is 0. The molecule has 2 aromatic carbocycles. The van der Waals surface area contributed by atoms with E-state index in [0.29, 0.717) is 6.61 Å². The number of rotatable bonds is 6. The van der Waals surface area contributed by atoms with Crippen molar-refractivity contribution in [1.82, 2.24) is 4.98 Å². The van der Waals surface area contributed by atoms with Crippen LogP contribution >= 0.6 is 23.1 Å². The number of fused-ring (bicyclic) bond motifs is 1. The van der Waals surface area contributed by atoms with Crippen molar-refractivity contribution in [3.63, 3.8) is 0 Å². The molecule has 3 rings (SSSR count). The standard InChI is InChI=1S/C16H15NO2S2/c1-18-12-6-8-13(9-7-12)19-10-11-20-16-17-14-4-2-3-5-15(14)21-16/h2-9H,10-11H2,1H3. The molecular weight excluding hydrogens is 302 g/mol. The van der Waals surface area contributed by atoms with Gasteiger partial charge in [0.2, 0.25) is 0 Å². The SMILES string of the molecule is COc1ccc(OCCSc2nc3ccccc3s2)cc1. The maximum absolute atomic E-state index is 5.70. The highest BCUT2D eigenvalue weighted by molar-refractivity contribution is 8.01. The minimum absolute atomic E-state index is 0.660. The lowest BCUT2D eigenvalue weighted by Gasteiger charge is -2.06. The molecule has 108 valence electrons. The van der Waals surface area contributed by atoms with E-state index in [9.17, 15) is 0 Å². The van der Waals surface area contributed by atoms with Gasteiger partial charge in [0.05, 0.1) is 23.9 Å². The van der Waals surface area contributed by atoms with E-state index in [4.69, 9.17) is 9.47 Å². The molecule has 5 heteroatoms. The lowest BCUT2D eigenvalue weighted by Crippen LogP contribution is -1.99. The first-order chi connectivity index (χ1) is 10.3. The number of methoxy groups -OCH3 is 1. The molecule has 3 nitrogen and oxygen atoms in total. The van der Waals surface area contributed by atoms with Gasteiger partial charge in [0.1, 0.15) is 11.5 Å². The van der Waals surface area contributed by atoms with Crippen LogP contribution < -0.4 is 9.47 Å². The van der Waals surface area contributed by atoms with Gasteiger partial charge in [-0.3, -0.25) is 0 Å². The zero-order chi connectivity index (χ0) is 14.5. The first-order valence-electron chi connectivity index (χ1n) is 6.60. The first kappa shape index (κ1) is 14.2. The van der Waals surface area contributed by atoms with Crippen LogP contribution in [0.1, 0.15) is 0 Å². The zero-order valence-corrected chi connectivity index (χ0v) is 13.2. The molecule has 0 amide bonds. The minimum atomic E-state index is 0.660. The van der Waals surface area contributed by atoms with Gasteiger partial charge in [0, 0.05) is 5.75 Å². The molecule has 0 N–H and O–H groups in total. The highest BCUT2D eigenvalue weighted by atomic mass is 32.2. The van der Waals surface area contributed by atoms with Crippen LogP contribution in [-0.4, -0.2) is 24.5 Å². The van der Waals surface area contributed by atoms with Crippen LogP contribution in [0.3, 0.4) is 0 Å². The monoisotopic (exact) mass is 317 g/mol. The Balaban J connectivity index is 1.49. The molecular formula is C16H15NO2S2. The third-order valence-corrected chi connectivity index (χ3v) is 5.05. The Morgan fingerprint density at radius 2 is 1.81 bits per heavy atom. The van der Waals surface area contributed by atoms with Gasteiger partial charge in [-0.1, -0.05) is 23.9 Å². The second-order valence-corrected chi connectivity index (χ2v) is 6.69. The Morgan fingerprint density at radius 3 is 2.57 bits per heavy atom. The fraction of sp³-hybridized carbons (Fsp3) is 0.188. The summed E-state index contributed by atoms with van der Waals surface area (Å²) < 4.78 is 13.1. The number of thioether (sulfide) groups is 1. The second kappa shape index (κ2) is 6.83. The molecule has 0 fully saturated rings. The van der Waals surface area contributed by atoms with Crippen molar-refractivity contribution in [1.29, 1.82) is 0 Å². The molecule has 0 aliphatic heterocycles. The predicted molar refractivity (Wildman–Crippen MR) is 88.8 cm³/mol. The van der Waals surface area contributed by atoms with Crippen LogP contribution in [-0.2, 0) is 0 Å². The molecule has 0 spiro atoms. The van der Waals surface area contributed by atoms with Gasteiger partial charge in [-0.15, -0.1) is 11.3 Å². The molecule has 3 aromatic rings. The highest BCUT2D eigenvalue weighted by Gasteiger charge is 2.03. The van der Waals surface area contributed by atoms with Crippen molar-refractivity contribution in [2.45, 2.75) is 4.34 Å². The molecule has 0 saturated carbocycles. The lowest BCUT2D eigenvalue weighted by molar-refractivity contribution is 0.342. The number of benzene rings is 2. The second-order valence-electron chi connectivity index (χ2n) is 4.32. The Labute approximate surface area is 131 Å². The van der Waals surface area contributed by atoms with Gasteiger partial charge >= 0.3 is 0 Å². The fourth-order valence-electron chi connectivity index (χ4n) is 1.87. The summed E-state index contributed by atoms with van der Waals surface area (Å²) in [6.07, 6.45) is 0. The van der Waals surface area contributed by atoms with Crippen molar-refractivity contribution in [2.75, 3.05) is 19.5 Å². The number of aromatic nitrogens is 1. The largest absolute Gasteiger partial charge is 0.497 e. The van der Waals surface area contributed by atoms with E-state index in [-0.39, 0.29) is 0 Å². The van der Waals surface area contributed by atoms with Crippen LogP contribution in [0.25, 0.3) is 10.2 Å². The van der Waals surface area contributed by atoms with E-state index in [1.165, 1.54) is 4.70 Å². The smallest absolute Gasteiger partial charge is 0.151 e. The molecule has 0 atom stereocenters. The van der Waals surface area contributed by atoms with Gasteiger partial charge in [0.25, 0.3) is 0 Å². The van der Waals surface area contributed by atoms with Gasteiger partial charge < -0.3 is 9.47 Å². The van der Waals surface area contributed by atoms with E-state index in [2.05, 4.69) is 11.1 Å². The Kier molecular flexibility index (Phi) is 4.62. The van der Waals surface area contributed by atoms with E-state index in [0.717, 1.165) is 27.1 Å². The molecule has 0 unspecified atom stereocenters. The van der Waals surface area contributed by atoms with Crippen LogP contribution in [0, 0.1) is 0 Å². The summed E-state index contributed by atoms with van der Waals surface area (Å²) in [6.45, 7) is 0.660. The van der Waals surface area contributed by atoms with Crippen LogP contribution in [0.4, 0.5) is 0 Å². The molecule has 0 saturated heterocycles. The predicted octanol–water partition coefficient (Wildman–Crippen LogP) is 4.48. The Morgan fingerprint density at radius 1 is 1.05 bits per heavy atom. The summed E-state index contributed by atoms with van der Waals surface area (Å²) in [6, 6.07) is 15.8. The minimum Gasteiger partial charge on any atom is -0.497 e. The van der Waals surface area contributed by atoms with Crippen LogP contribution in [0.15, 0.2) is 52.9 Å². The molecule has 21 heavy (non-hydrogen) atoms. The molecule has 0 bridgehead atoms. The number of para-hydroxylation sites is 1. The van der Waals surface area contributed by atoms with Crippen molar-refractivity contribution in [2.24, 2.45) is 0 Å². The maximum Gasteiger partial charge on any atom is 0.151 e. The summed E-state index contributed by atoms with van der Waals surface area (Å²) >= 11 is 3.46. The van der Waals surface area contributed by atoms with E-state index in [1.54, 1.807) is 30.2 Å². The van der Waals surface area contributed by atoms with Crippen molar-refractivity contribution in [3.05, 3.63) is 48.5 Å². The zero-order valence-electron chi connectivity index (χ0n) is 11.6. The van der Waals surface area contributed by atoms with E-state index >= 15 is 0 Å². The molecule has 0 aliphatic carbocycles. The summed E-state index contributed by atoms with van der Waals surface area (Å²) in [5, 5.41) is 0. The quantitative estimate of drug-likeness (QED) is 0.495. The summed E-state index contributed by atoms with van der Waals surface area (Å²) in [5.74, 6) is 2.58. The summed E-state index contributed by atoms with van der Waals surface area (Å²) in [5.41, 5.74) is 1.07. The Hall–Kier alpha value is -1.72. The molecule has 0 aliphatic rings. The van der Waals surface area contributed by atoms with Crippen molar-refractivity contribution in [3.8, 4) is 11.5 Å². The maximum atomic E-state index is 5.70. The summed E-state index contributed by atoms with van der Waals surface area (Å²) in [7, 11) is 1.66. The topological polar surface area (TPSA) is 31.4 Å². The summed E-state index contributed by atoms with van der Waals surface area (Å²) in [4.78, 5) is 4.59. The number of nitrogens with zero attached hydrogens (tertiary/aromatic N) is 1. The average molecular weight is 317 g/mol. The first-order valence-corrected chi connectivity index (χ1v) is 8.40. The van der Waals surface area contributed by atoms with Crippen molar-refractivity contribution < 1.29 is 9.47 Å². The third kappa shape index (κ3) is 3.68. The normalized spacial score (nSPS) is 10.7. The molecule has 1 heterocycles. The number of ether oxygens (including phenoxy) is 2. The van der Waals surface area contributed by atoms with Gasteiger partial charge in [-0.2, -0.15) is 0 Å². The fourth-order valence-corrected chi connectivity index (χ4v) is 3.83. The molecule has 1 aromatic heterocycles. The third-order valence-electron chi connectivity index (χ3n) is 2.91. The lowest BCUT2D eigenvalue weighted by atomic mass is 10.3. The van der Waals surface area contributed by atoms with E-state index < -0.39 is 0 Å². The van der Waals surface area contributed by atoms with Gasteiger partial charge in [0.15, 0.2) is 4.34 Å². The van der Waals surface area contributed by atoms with Gasteiger partial charge in [-0.05, 0) is 36.4 Å². The van der Waals surface area contributed by atoms with E-state index in [1.807, 2.05) is 42.5 Å². The van der Waals surface area contributed by atoms with Crippen molar-refractivity contribution >= 4 is 33.3 Å². The average Bonchev–Trinajstić information content (AvgIpc) is 2.95. The van der Waals surface area contributed by atoms with Gasteiger partial charge in [-0.25, -0.2) is 4.98 Å². The Bertz CT molecular complexity index is 677. The number of thiazole rings is 1. The highest BCUT2D eigenvalue weighted by Crippen LogP contribution is 2.29.